The van der Waals surface area contributed by atoms with E-state index >= 15 is 0 Å². The highest BCUT2D eigenvalue weighted by Gasteiger charge is 2.19. The highest BCUT2D eigenvalue weighted by molar-refractivity contribution is 8.01. The predicted molar refractivity (Wildman–Crippen MR) is 94.9 cm³/mol. The van der Waals surface area contributed by atoms with Gasteiger partial charge in [-0.05, 0) is 25.6 Å². The van der Waals surface area contributed by atoms with Crippen molar-refractivity contribution in [2.75, 3.05) is 19.6 Å². The van der Waals surface area contributed by atoms with Crippen LogP contribution in [0.1, 0.15) is 23.0 Å². The predicted octanol–water partition coefficient (Wildman–Crippen LogP) is 2.85. The Morgan fingerprint density at radius 3 is 2.83 bits per heavy atom. The van der Waals surface area contributed by atoms with E-state index in [0.717, 1.165) is 16.6 Å². The monoisotopic (exact) mass is 366 g/mol. The standard InChI is InChI=1S/C15H18N4O3S2/c1-3-16-6-7-17-14(20)11-4-5-13(12(8-11)19(21)22)24-15-18-10(2)9-23-15/h4-5,8-9,16H,3,6-7H2,1-2H3,(H,17,20). The van der Waals surface area contributed by atoms with E-state index in [1.807, 2.05) is 19.2 Å². The minimum atomic E-state index is -0.474. The number of carbonyl (C=O) groups excluding carboxylic acids is 1. The second-order valence-electron chi connectivity index (χ2n) is 4.91. The molecule has 1 heterocycles. The summed E-state index contributed by atoms with van der Waals surface area (Å²) >= 11 is 2.67. The molecule has 0 fully saturated rings. The number of aromatic nitrogens is 1. The van der Waals surface area contributed by atoms with E-state index in [1.54, 1.807) is 12.1 Å². The lowest BCUT2D eigenvalue weighted by Gasteiger charge is -2.07. The van der Waals surface area contributed by atoms with Crippen LogP contribution in [0.3, 0.4) is 0 Å². The molecule has 128 valence electrons. The van der Waals surface area contributed by atoms with E-state index in [4.69, 9.17) is 0 Å². The third-order valence-corrected chi connectivity index (χ3v) is 5.17. The lowest BCUT2D eigenvalue weighted by molar-refractivity contribution is -0.387. The van der Waals surface area contributed by atoms with Crippen molar-refractivity contribution in [3.8, 4) is 0 Å². The van der Waals surface area contributed by atoms with Gasteiger partial charge in [-0.25, -0.2) is 4.98 Å². The smallest absolute Gasteiger partial charge is 0.284 e. The molecular weight excluding hydrogens is 348 g/mol. The third kappa shape index (κ3) is 5.02. The van der Waals surface area contributed by atoms with Crippen LogP contribution in [0, 0.1) is 17.0 Å². The summed E-state index contributed by atoms with van der Waals surface area (Å²) in [6, 6.07) is 4.50. The summed E-state index contributed by atoms with van der Waals surface area (Å²) < 4.78 is 0.735. The average Bonchev–Trinajstić information content (AvgIpc) is 2.96. The number of nitrogens with one attached hydrogen (secondary N) is 2. The van der Waals surface area contributed by atoms with E-state index in [2.05, 4.69) is 15.6 Å². The van der Waals surface area contributed by atoms with Gasteiger partial charge in [-0.15, -0.1) is 11.3 Å². The Labute approximate surface area is 148 Å². The number of amides is 1. The maximum Gasteiger partial charge on any atom is 0.284 e. The summed E-state index contributed by atoms with van der Waals surface area (Å²) in [6.07, 6.45) is 0. The van der Waals surface area contributed by atoms with Crippen molar-refractivity contribution in [3.05, 3.63) is 45.0 Å². The molecule has 0 radical (unpaired) electrons. The zero-order valence-corrected chi connectivity index (χ0v) is 15.0. The molecule has 24 heavy (non-hydrogen) atoms. The number of carbonyl (C=O) groups is 1. The van der Waals surface area contributed by atoms with Crippen molar-refractivity contribution < 1.29 is 9.72 Å². The first-order valence-electron chi connectivity index (χ1n) is 7.38. The number of nitro groups is 1. The van der Waals surface area contributed by atoms with Crippen molar-refractivity contribution >= 4 is 34.7 Å². The van der Waals surface area contributed by atoms with Gasteiger partial charge in [-0.2, -0.15) is 0 Å². The maximum atomic E-state index is 12.1. The molecule has 2 aromatic rings. The van der Waals surface area contributed by atoms with Gasteiger partial charge in [0.05, 0.1) is 9.82 Å². The number of hydrogen-bond donors (Lipinski definition) is 2. The van der Waals surface area contributed by atoms with Gasteiger partial charge in [-0.3, -0.25) is 14.9 Å². The normalized spacial score (nSPS) is 10.6. The minimum Gasteiger partial charge on any atom is -0.351 e. The number of thiazole rings is 1. The molecule has 0 aliphatic heterocycles. The molecule has 0 aliphatic carbocycles. The average molecular weight is 366 g/mol. The molecule has 0 saturated carbocycles. The molecule has 7 nitrogen and oxygen atoms in total. The molecule has 0 bridgehead atoms. The highest BCUT2D eigenvalue weighted by Crippen LogP contribution is 2.36. The summed E-state index contributed by atoms with van der Waals surface area (Å²) in [5.41, 5.74) is 1.06. The van der Waals surface area contributed by atoms with Crippen LogP contribution in [0.5, 0.6) is 0 Å². The molecule has 0 saturated heterocycles. The SMILES string of the molecule is CCNCCNC(=O)c1ccc(Sc2nc(C)cs2)c([N+](=O)[O-])c1. The number of likely N-dealkylation sites (N-methyl/N-ethyl adjacent to an activating group) is 1. The fourth-order valence-electron chi connectivity index (χ4n) is 1.90. The summed E-state index contributed by atoms with van der Waals surface area (Å²) in [5, 5.41) is 19.0. The van der Waals surface area contributed by atoms with Gasteiger partial charge >= 0.3 is 0 Å². The number of nitrogens with zero attached hydrogens (tertiary/aromatic N) is 2. The molecule has 2 N–H and O–H groups in total. The van der Waals surface area contributed by atoms with Crippen LogP contribution >= 0.6 is 23.1 Å². The Bertz CT molecular complexity index is 733. The Hall–Kier alpha value is -1.97. The third-order valence-electron chi connectivity index (χ3n) is 3.05. The molecule has 9 heteroatoms. The van der Waals surface area contributed by atoms with E-state index in [-0.39, 0.29) is 17.2 Å². The van der Waals surface area contributed by atoms with Crippen LogP contribution in [-0.2, 0) is 0 Å². The van der Waals surface area contributed by atoms with Crippen molar-refractivity contribution in [1.29, 1.82) is 0 Å². The second-order valence-corrected chi connectivity index (χ2v) is 7.05. The number of rotatable bonds is 8. The van der Waals surface area contributed by atoms with Crippen LogP contribution in [0.4, 0.5) is 5.69 Å². The summed E-state index contributed by atoms with van der Waals surface area (Å²) in [5.74, 6) is -0.322. The first kappa shape index (κ1) is 18.4. The fraction of sp³-hybridized carbons (Fsp3) is 0.333. The van der Waals surface area contributed by atoms with Gasteiger partial charge in [0.25, 0.3) is 11.6 Å². The van der Waals surface area contributed by atoms with Gasteiger partial charge < -0.3 is 10.6 Å². The molecule has 1 aromatic heterocycles. The van der Waals surface area contributed by atoms with Gasteiger partial charge in [0, 0.05) is 35.8 Å². The van der Waals surface area contributed by atoms with Crippen molar-refractivity contribution in [2.45, 2.75) is 23.1 Å². The van der Waals surface area contributed by atoms with Gasteiger partial charge in [0.1, 0.15) is 0 Å². The van der Waals surface area contributed by atoms with Crippen molar-refractivity contribution in [1.82, 2.24) is 15.6 Å². The van der Waals surface area contributed by atoms with Crippen LogP contribution in [0.15, 0.2) is 32.8 Å². The fourth-order valence-corrected chi connectivity index (χ4v) is 3.78. The Morgan fingerprint density at radius 1 is 1.42 bits per heavy atom. The number of benzene rings is 1. The van der Waals surface area contributed by atoms with E-state index in [9.17, 15) is 14.9 Å². The maximum absolute atomic E-state index is 12.1. The Morgan fingerprint density at radius 2 is 2.21 bits per heavy atom. The first-order valence-corrected chi connectivity index (χ1v) is 9.08. The van der Waals surface area contributed by atoms with E-state index < -0.39 is 4.92 Å². The molecule has 0 unspecified atom stereocenters. The first-order chi connectivity index (χ1) is 11.5. The van der Waals surface area contributed by atoms with Crippen molar-refractivity contribution in [2.24, 2.45) is 0 Å². The van der Waals surface area contributed by atoms with Crippen LogP contribution in [0.2, 0.25) is 0 Å². The number of hydrogen-bond acceptors (Lipinski definition) is 7. The second kappa shape index (κ2) is 8.76. The highest BCUT2D eigenvalue weighted by atomic mass is 32.2. The van der Waals surface area contributed by atoms with Gasteiger partial charge in [0.15, 0.2) is 4.34 Å². The molecule has 0 spiro atoms. The lowest BCUT2D eigenvalue weighted by atomic mass is 10.2. The Balaban J connectivity index is 2.13. The lowest BCUT2D eigenvalue weighted by Crippen LogP contribution is -2.31. The van der Waals surface area contributed by atoms with E-state index in [0.29, 0.717) is 18.0 Å². The topological polar surface area (TPSA) is 97.2 Å². The van der Waals surface area contributed by atoms with Crippen molar-refractivity contribution in [3.63, 3.8) is 0 Å². The summed E-state index contributed by atoms with van der Waals surface area (Å²) in [4.78, 5) is 27.7. The zero-order chi connectivity index (χ0) is 17.5. The molecule has 1 amide bonds. The zero-order valence-electron chi connectivity index (χ0n) is 13.4. The summed E-state index contributed by atoms with van der Waals surface area (Å²) in [7, 11) is 0. The molecule has 2 rings (SSSR count). The molecule has 1 aromatic carbocycles. The number of nitro benzene ring substituents is 1. The minimum absolute atomic E-state index is 0.0906. The van der Waals surface area contributed by atoms with Gasteiger partial charge in [-0.1, -0.05) is 18.7 Å². The van der Waals surface area contributed by atoms with E-state index in [1.165, 1.54) is 29.2 Å². The van der Waals surface area contributed by atoms with Crippen LogP contribution in [-0.4, -0.2) is 35.4 Å². The largest absolute Gasteiger partial charge is 0.351 e. The summed E-state index contributed by atoms with van der Waals surface area (Å²) in [6.45, 7) is 5.79. The quantitative estimate of drug-likeness (QED) is 0.424. The molecular formula is C15H18N4O3S2. The Kier molecular flexibility index (Phi) is 6.71. The number of aryl methyl sites for hydroxylation is 1. The van der Waals surface area contributed by atoms with Gasteiger partial charge in [0.2, 0.25) is 0 Å². The molecule has 0 aliphatic rings. The van der Waals surface area contributed by atoms with Crippen LogP contribution < -0.4 is 10.6 Å². The van der Waals surface area contributed by atoms with Crippen LogP contribution in [0.25, 0.3) is 0 Å². The molecule has 0 atom stereocenters.